The molecule has 0 spiro atoms. The van der Waals surface area contributed by atoms with Crippen LogP contribution in [0.3, 0.4) is 0 Å². The van der Waals surface area contributed by atoms with Crippen LogP contribution in [0.25, 0.3) is 0 Å². The van der Waals surface area contributed by atoms with E-state index < -0.39 is 34.4 Å². The molecule has 20 heavy (non-hydrogen) atoms. The zero-order chi connectivity index (χ0) is 15.5. The van der Waals surface area contributed by atoms with Gasteiger partial charge in [0.25, 0.3) is 0 Å². The van der Waals surface area contributed by atoms with E-state index in [0.717, 1.165) is 0 Å². The van der Waals surface area contributed by atoms with E-state index in [1.807, 2.05) is 0 Å². The predicted molar refractivity (Wildman–Crippen MR) is 71.4 cm³/mol. The fourth-order valence-electron chi connectivity index (χ4n) is 1.50. The van der Waals surface area contributed by atoms with Gasteiger partial charge in [-0.3, -0.25) is 9.59 Å². The lowest BCUT2D eigenvalue weighted by Gasteiger charge is -2.12. The lowest BCUT2D eigenvalue weighted by Crippen LogP contribution is -2.37. The van der Waals surface area contributed by atoms with Crippen LogP contribution in [0.5, 0.6) is 0 Å². The Hall–Kier alpha value is -1.97. The molecule has 6 N–H and O–H groups in total. The summed E-state index contributed by atoms with van der Waals surface area (Å²) in [5.74, 6) is -1.93. The van der Waals surface area contributed by atoms with Crippen molar-refractivity contribution in [1.82, 2.24) is 0 Å². The highest BCUT2D eigenvalue weighted by atomic mass is 32.2. The molecule has 0 fully saturated rings. The van der Waals surface area contributed by atoms with Crippen LogP contribution < -0.4 is 16.2 Å². The second-order valence-electron chi connectivity index (χ2n) is 4.22. The fraction of sp³-hybridized carbons (Fsp3) is 0.273. The molecule has 1 aromatic rings. The van der Waals surface area contributed by atoms with E-state index in [9.17, 15) is 18.0 Å². The molecule has 0 saturated heterocycles. The van der Waals surface area contributed by atoms with Gasteiger partial charge in [0, 0.05) is 5.69 Å². The molecule has 1 atom stereocenters. The Bertz CT molecular complexity index is 641. The van der Waals surface area contributed by atoms with Gasteiger partial charge in [0.05, 0.1) is 17.4 Å². The Balaban J connectivity index is 2.95. The van der Waals surface area contributed by atoms with E-state index in [4.69, 9.17) is 16.0 Å². The molecule has 0 heterocycles. The minimum Gasteiger partial charge on any atom is -0.481 e. The first-order chi connectivity index (χ1) is 9.11. The topological polar surface area (TPSA) is 153 Å². The molecule has 0 aliphatic rings. The first-order valence-corrected chi connectivity index (χ1v) is 7.07. The number of aryl methyl sites for hydroxylation is 1. The highest BCUT2D eigenvalue weighted by Crippen LogP contribution is 2.19. The van der Waals surface area contributed by atoms with Crippen molar-refractivity contribution in [2.45, 2.75) is 24.3 Å². The normalized spacial score (nSPS) is 12.8. The van der Waals surface area contributed by atoms with Gasteiger partial charge >= 0.3 is 5.97 Å². The van der Waals surface area contributed by atoms with Crippen molar-refractivity contribution in [3.8, 4) is 0 Å². The molecule has 1 unspecified atom stereocenters. The van der Waals surface area contributed by atoms with Crippen LogP contribution in [-0.2, 0) is 19.6 Å². The SMILES string of the molecule is Cc1ccc(NC(=O)C(N)CC(=O)O)cc1S(N)(=O)=O. The number of primary sulfonamides is 1. The van der Waals surface area contributed by atoms with Gasteiger partial charge in [-0.1, -0.05) is 6.07 Å². The summed E-state index contributed by atoms with van der Waals surface area (Å²) in [6.07, 6.45) is -0.528. The first kappa shape index (κ1) is 16.1. The fourth-order valence-corrected chi connectivity index (χ4v) is 2.31. The molecule has 8 nitrogen and oxygen atoms in total. The number of anilines is 1. The number of carboxylic acid groups (broad SMARTS) is 1. The number of carbonyl (C=O) groups is 2. The quantitative estimate of drug-likeness (QED) is 0.568. The number of hydrogen-bond acceptors (Lipinski definition) is 5. The monoisotopic (exact) mass is 301 g/mol. The number of amides is 1. The average molecular weight is 301 g/mol. The first-order valence-electron chi connectivity index (χ1n) is 5.53. The molecule has 1 rings (SSSR count). The Kier molecular flexibility index (Phi) is 4.82. The maximum Gasteiger partial charge on any atom is 0.305 e. The van der Waals surface area contributed by atoms with E-state index in [1.54, 1.807) is 6.92 Å². The second kappa shape index (κ2) is 5.99. The zero-order valence-electron chi connectivity index (χ0n) is 10.7. The van der Waals surface area contributed by atoms with Crippen LogP contribution in [0, 0.1) is 6.92 Å². The van der Waals surface area contributed by atoms with Gasteiger partial charge in [0.15, 0.2) is 0 Å². The Morgan fingerprint density at radius 1 is 1.40 bits per heavy atom. The summed E-state index contributed by atoms with van der Waals surface area (Å²) >= 11 is 0. The number of carboxylic acids is 1. The molecular weight excluding hydrogens is 286 g/mol. The number of rotatable bonds is 5. The number of hydrogen-bond donors (Lipinski definition) is 4. The minimum absolute atomic E-state index is 0.123. The molecule has 0 aromatic heterocycles. The van der Waals surface area contributed by atoms with Crippen LogP contribution >= 0.6 is 0 Å². The standard InChI is InChI=1S/C11H15N3O5S/c1-6-2-3-7(4-9(6)20(13,18)19)14-11(17)8(12)5-10(15)16/h2-4,8H,5,12H2,1H3,(H,14,17)(H,15,16)(H2,13,18,19). The Labute approximate surface area is 115 Å². The number of carbonyl (C=O) groups excluding carboxylic acids is 1. The third-order valence-electron chi connectivity index (χ3n) is 2.49. The molecule has 0 bridgehead atoms. The number of nitrogens with one attached hydrogen (secondary N) is 1. The van der Waals surface area contributed by atoms with Crippen LogP contribution in [0.4, 0.5) is 5.69 Å². The highest BCUT2D eigenvalue weighted by molar-refractivity contribution is 7.89. The van der Waals surface area contributed by atoms with E-state index >= 15 is 0 Å². The van der Waals surface area contributed by atoms with Crippen LogP contribution in [0.2, 0.25) is 0 Å². The predicted octanol–water partition coefficient (Wildman–Crippen LogP) is -0.617. The van der Waals surface area contributed by atoms with Crippen molar-refractivity contribution in [3.05, 3.63) is 23.8 Å². The third kappa shape index (κ3) is 4.30. The highest BCUT2D eigenvalue weighted by Gasteiger charge is 2.18. The summed E-state index contributed by atoms with van der Waals surface area (Å²) in [6, 6.07) is 2.90. The van der Waals surface area contributed by atoms with Crippen molar-refractivity contribution in [2.75, 3.05) is 5.32 Å². The van der Waals surface area contributed by atoms with Gasteiger partial charge in [-0.05, 0) is 24.6 Å². The zero-order valence-corrected chi connectivity index (χ0v) is 11.5. The molecule has 0 aliphatic heterocycles. The maximum absolute atomic E-state index is 11.6. The average Bonchev–Trinajstić information content (AvgIpc) is 2.29. The summed E-state index contributed by atoms with van der Waals surface area (Å²) in [5, 5.41) is 15.9. The molecule has 0 radical (unpaired) electrons. The van der Waals surface area contributed by atoms with Gasteiger partial charge in [0.1, 0.15) is 0 Å². The van der Waals surface area contributed by atoms with Crippen LogP contribution in [-0.4, -0.2) is 31.4 Å². The molecule has 1 aromatic carbocycles. The number of benzene rings is 1. The summed E-state index contributed by atoms with van der Waals surface area (Å²) in [4.78, 5) is 21.9. The molecule has 9 heteroatoms. The van der Waals surface area contributed by atoms with E-state index in [-0.39, 0.29) is 10.6 Å². The van der Waals surface area contributed by atoms with Crippen molar-refractivity contribution >= 4 is 27.6 Å². The van der Waals surface area contributed by atoms with E-state index in [2.05, 4.69) is 5.32 Å². The number of aliphatic carboxylic acids is 1. The number of nitrogens with two attached hydrogens (primary N) is 2. The lowest BCUT2D eigenvalue weighted by atomic mass is 10.2. The maximum atomic E-state index is 11.6. The molecule has 0 saturated carbocycles. The third-order valence-corrected chi connectivity index (χ3v) is 3.55. The minimum atomic E-state index is -3.91. The van der Waals surface area contributed by atoms with Gasteiger partial charge in [-0.2, -0.15) is 0 Å². The van der Waals surface area contributed by atoms with Crippen molar-refractivity contribution in [3.63, 3.8) is 0 Å². The van der Waals surface area contributed by atoms with E-state index in [1.165, 1.54) is 18.2 Å². The molecule has 1 amide bonds. The summed E-state index contributed by atoms with van der Waals surface area (Å²) in [7, 11) is -3.91. The Morgan fingerprint density at radius 2 is 2.00 bits per heavy atom. The lowest BCUT2D eigenvalue weighted by molar-refractivity contribution is -0.138. The smallest absolute Gasteiger partial charge is 0.305 e. The Morgan fingerprint density at radius 3 is 2.50 bits per heavy atom. The number of sulfonamides is 1. The van der Waals surface area contributed by atoms with Crippen molar-refractivity contribution < 1.29 is 23.1 Å². The van der Waals surface area contributed by atoms with Crippen molar-refractivity contribution in [2.24, 2.45) is 10.9 Å². The van der Waals surface area contributed by atoms with Gasteiger partial charge in [0.2, 0.25) is 15.9 Å². The summed E-state index contributed by atoms with van der Waals surface area (Å²) in [5.41, 5.74) is 5.99. The van der Waals surface area contributed by atoms with Crippen LogP contribution in [0.15, 0.2) is 23.1 Å². The summed E-state index contributed by atoms with van der Waals surface area (Å²) < 4.78 is 22.7. The summed E-state index contributed by atoms with van der Waals surface area (Å²) in [6.45, 7) is 1.56. The largest absolute Gasteiger partial charge is 0.481 e. The van der Waals surface area contributed by atoms with Crippen molar-refractivity contribution in [1.29, 1.82) is 0 Å². The second-order valence-corrected chi connectivity index (χ2v) is 5.75. The van der Waals surface area contributed by atoms with E-state index in [0.29, 0.717) is 5.56 Å². The molecule has 110 valence electrons. The molecule has 0 aliphatic carbocycles. The van der Waals surface area contributed by atoms with Gasteiger partial charge in [-0.25, -0.2) is 13.6 Å². The van der Waals surface area contributed by atoms with Gasteiger partial charge < -0.3 is 16.2 Å². The molecular formula is C11H15N3O5S. The van der Waals surface area contributed by atoms with Gasteiger partial charge in [-0.15, -0.1) is 0 Å². The van der Waals surface area contributed by atoms with Crippen LogP contribution in [0.1, 0.15) is 12.0 Å².